The van der Waals surface area contributed by atoms with Gasteiger partial charge in [-0.15, -0.1) is 0 Å². The summed E-state index contributed by atoms with van der Waals surface area (Å²) in [5, 5.41) is 0. The van der Waals surface area contributed by atoms with Crippen molar-refractivity contribution in [1.29, 1.82) is 0 Å². The SMILES string of the molecule is [AlH3].[B]C.[Zr]. The van der Waals surface area contributed by atoms with E-state index in [1.54, 1.807) is 0 Å². The first-order valence-electron chi connectivity index (χ1n) is 0.577. The molecule has 0 atom stereocenters. The molecule has 0 aliphatic rings. The smallest absolute Gasteiger partial charge is 0.0999 e. The first-order chi connectivity index (χ1) is 1.00. The van der Waals surface area contributed by atoms with Crippen LogP contribution in [0.3, 0.4) is 0 Å². The molecule has 0 N–H and O–H groups in total. The summed E-state index contributed by atoms with van der Waals surface area (Å²) in [7, 11) is 4.50. The minimum absolute atomic E-state index is 0. The standard InChI is InChI=1S/CH3B.Al.Zr.3H/c1-2;;;;;/h1H3;;;;;. The summed E-state index contributed by atoms with van der Waals surface area (Å²) in [6.07, 6.45) is 0. The van der Waals surface area contributed by atoms with Crippen molar-refractivity contribution >= 4 is 25.2 Å². The third-order valence-corrected chi connectivity index (χ3v) is 0. The van der Waals surface area contributed by atoms with Crippen molar-refractivity contribution in [3.63, 3.8) is 0 Å². The van der Waals surface area contributed by atoms with Crippen LogP contribution in [-0.2, 0) is 26.2 Å². The molecule has 0 saturated carbocycles. The largest absolute Gasteiger partial charge is 0.187 e. The molecular formula is CH6AlBZr. The summed E-state index contributed by atoms with van der Waals surface area (Å²) < 4.78 is 0. The second kappa shape index (κ2) is 24.8. The number of hydrogen-bond donors (Lipinski definition) is 0. The van der Waals surface area contributed by atoms with Gasteiger partial charge in [0, 0.05) is 26.2 Å². The molecular weight excluding hydrogens is 141 g/mol. The van der Waals surface area contributed by atoms with E-state index < -0.39 is 0 Å². The minimum Gasteiger partial charge on any atom is -0.0999 e. The maximum atomic E-state index is 4.50. The first-order valence-corrected chi connectivity index (χ1v) is 0.577. The Bertz CT molecular complexity index is 8.00. The Morgan fingerprint density at radius 1 is 1.25 bits per heavy atom. The van der Waals surface area contributed by atoms with Crippen LogP contribution in [0.25, 0.3) is 0 Å². The van der Waals surface area contributed by atoms with E-state index in [0.29, 0.717) is 0 Å². The van der Waals surface area contributed by atoms with Crippen LogP contribution < -0.4 is 0 Å². The molecule has 0 fully saturated rings. The first kappa shape index (κ1) is 17.9. The second-order valence-electron chi connectivity index (χ2n) is 0. The molecule has 0 aliphatic carbocycles. The maximum absolute atomic E-state index is 4.50. The normalized spacial score (nSPS) is 1.25. The molecule has 0 rings (SSSR count). The summed E-state index contributed by atoms with van der Waals surface area (Å²) in [4.78, 5) is 0. The zero-order valence-corrected chi connectivity index (χ0v) is 4.54. The number of rotatable bonds is 0. The van der Waals surface area contributed by atoms with Crippen LogP contribution in [0.15, 0.2) is 0 Å². The van der Waals surface area contributed by atoms with Crippen molar-refractivity contribution < 1.29 is 26.2 Å². The van der Waals surface area contributed by atoms with E-state index in [0.717, 1.165) is 0 Å². The average molecular weight is 147 g/mol. The molecule has 0 aromatic carbocycles. The zero-order chi connectivity index (χ0) is 2.00. The molecule has 0 unspecified atom stereocenters. The van der Waals surface area contributed by atoms with Crippen LogP contribution in [0.4, 0.5) is 0 Å². The maximum Gasteiger partial charge on any atom is 0.187 e. The third-order valence-electron chi connectivity index (χ3n) is 0. The molecule has 4 heavy (non-hydrogen) atoms. The third kappa shape index (κ3) is 9.77. The van der Waals surface area contributed by atoms with Crippen molar-refractivity contribution in [2.24, 2.45) is 0 Å². The fourth-order valence-corrected chi connectivity index (χ4v) is 0. The Morgan fingerprint density at radius 3 is 1.25 bits per heavy atom. The summed E-state index contributed by atoms with van der Waals surface area (Å²) in [6.45, 7) is 1.50. The van der Waals surface area contributed by atoms with Crippen LogP contribution in [0.2, 0.25) is 6.82 Å². The molecule has 0 bridgehead atoms. The Morgan fingerprint density at radius 2 is 1.25 bits per heavy atom. The van der Waals surface area contributed by atoms with Gasteiger partial charge in [0.2, 0.25) is 0 Å². The Labute approximate surface area is 58.0 Å². The zero-order valence-electron chi connectivity index (χ0n) is 2.08. The molecule has 2 radical (unpaired) electrons. The van der Waals surface area contributed by atoms with Crippen LogP contribution in [0, 0.1) is 0 Å². The van der Waals surface area contributed by atoms with Gasteiger partial charge in [0.1, 0.15) is 0 Å². The summed E-state index contributed by atoms with van der Waals surface area (Å²) in [5.41, 5.74) is 0. The quantitative estimate of drug-likeness (QED) is 0.386. The van der Waals surface area contributed by atoms with E-state index in [9.17, 15) is 0 Å². The van der Waals surface area contributed by atoms with Crippen molar-refractivity contribution in [3.05, 3.63) is 0 Å². The molecule has 0 nitrogen and oxygen atoms in total. The van der Waals surface area contributed by atoms with Gasteiger partial charge >= 0.3 is 0 Å². The molecule has 3 heteroatoms. The van der Waals surface area contributed by atoms with Gasteiger partial charge in [0.15, 0.2) is 17.4 Å². The number of hydrogen-bond acceptors (Lipinski definition) is 0. The van der Waals surface area contributed by atoms with Crippen molar-refractivity contribution in [3.8, 4) is 0 Å². The molecule has 0 heterocycles. The van der Waals surface area contributed by atoms with Gasteiger partial charge in [-0.1, -0.05) is 6.82 Å². The van der Waals surface area contributed by atoms with Gasteiger partial charge < -0.3 is 0 Å². The monoisotopic (exact) mass is 146 g/mol. The second-order valence-corrected chi connectivity index (χ2v) is 0. The van der Waals surface area contributed by atoms with Crippen molar-refractivity contribution in [2.45, 2.75) is 6.82 Å². The summed E-state index contributed by atoms with van der Waals surface area (Å²) in [5.74, 6) is 0. The predicted octanol–water partition coefficient (Wildman–Crippen LogP) is -0.983. The van der Waals surface area contributed by atoms with E-state index in [1.807, 2.05) is 0 Å². The van der Waals surface area contributed by atoms with Crippen molar-refractivity contribution in [2.75, 3.05) is 0 Å². The summed E-state index contributed by atoms with van der Waals surface area (Å²) in [6, 6.07) is 0. The van der Waals surface area contributed by atoms with E-state index in [-0.39, 0.29) is 43.6 Å². The Balaban J connectivity index is -0.00000000500. The fraction of sp³-hybridized carbons (Fsp3) is 1.00. The molecule has 0 aromatic heterocycles. The van der Waals surface area contributed by atoms with Gasteiger partial charge in [-0.2, -0.15) is 0 Å². The Kier molecular flexibility index (Phi) is 111. The molecule has 20 valence electrons. The molecule has 0 amide bonds. The van der Waals surface area contributed by atoms with Crippen LogP contribution in [0.1, 0.15) is 0 Å². The summed E-state index contributed by atoms with van der Waals surface area (Å²) >= 11 is 0. The van der Waals surface area contributed by atoms with E-state index >= 15 is 0 Å². The van der Waals surface area contributed by atoms with E-state index in [4.69, 9.17) is 0 Å². The van der Waals surface area contributed by atoms with Gasteiger partial charge in [-0.05, 0) is 0 Å². The van der Waals surface area contributed by atoms with Crippen LogP contribution in [-0.4, -0.2) is 25.2 Å². The topological polar surface area (TPSA) is 0 Å². The fourth-order valence-electron chi connectivity index (χ4n) is 0. The molecule has 0 saturated heterocycles. The van der Waals surface area contributed by atoms with Crippen LogP contribution >= 0.6 is 0 Å². The average Bonchev–Trinajstić information content (AvgIpc) is 1.00. The van der Waals surface area contributed by atoms with Gasteiger partial charge in [-0.25, -0.2) is 0 Å². The molecule has 0 aromatic rings. The van der Waals surface area contributed by atoms with Gasteiger partial charge in [0.25, 0.3) is 0 Å². The van der Waals surface area contributed by atoms with E-state index in [2.05, 4.69) is 7.85 Å². The van der Waals surface area contributed by atoms with E-state index in [1.165, 1.54) is 6.82 Å². The van der Waals surface area contributed by atoms with Gasteiger partial charge in [0.05, 0.1) is 7.85 Å². The Hall–Kier alpha value is 1.48. The minimum atomic E-state index is 0. The predicted molar refractivity (Wildman–Crippen MR) is 21.6 cm³/mol. The van der Waals surface area contributed by atoms with Crippen molar-refractivity contribution in [1.82, 2.24) is 0 Å². The molecule has 0 aliphatic heterocycles. The van der Waals surface area contributed by atoms with Gasteiger partial charge in [-0.3, -0.25) is 0 Å². The molecule has 0 spiro atoms. The van der Waals surface area contributed by atoms with Crippen LogP contribution in [0.5, 0.6) is 0 Å².